The molecule has 0 spiro atoms. The summed E-state index contributed by atoms with van der Waals surface area (Å²) in [5, 5.41) is 1.11. The van der Waals surface area contributed by atoms with Crippen LogP contribution in [0, 0.1) is 0 Å². The van der Waals surface area contributed by atoms with Gasteiger partial charge in [-0.3, -0.25) is 4.98 Å². The Morgan fingerprint density at radius 3 is 2.10 bits per heavy atom. The summed E-state index contributed by atoms with van der Waals surface area (Å²) in [6.07, 6.45) is 3.57. The van der Waals surface area contributed by atoms with E-state index in [0.29, 0.717) is 5.82 Å². The highest BCUT2D eigenvalue weighted by molar-refractivity contribution is 5.95. The fraction of sp³-hybridized carbons (Fsp3) is 0.0789. The minimum Gasteiger partial charge on any atom is -0.464 e. The standard InChI is InChI=1S/C38H27N3O/c1-38(2)31-20-25(34-23-35(33-14-8-9-18-39-33)41-37(40-34)24-10-4-3-5-11-24)15-16-29(31)27-12-6-7-13-28(27)30-22-36-26(17-19-42-36)21-32(30)38/h3-23H,1-2H3. The van der Waals surface area contributed by atoms with Gasteiger partial charge >= 0.3 is 0 Å². The lowest BCUT2D eigenvalue weighted by molar-refractivity contribution is 0.614. The van der Waals surface area contributed by atoms with E-state index in [4.69, 9.17) is 14.4 Å². The van der Waals surface area contributed by atoms with Crippen molar-refractivity contribution in [2.45, 2.75) is 19.3 Å². The van der Waals surface area contributed by atoms with Crippen LogP contribution in [0.2, 0.25) is 0 Å². The normalized spacial score (nSPS) is 13.2. The van der Waals surface area contributed by atoms with Crippen LogP contribution in [-0.2, 0) is 5.41 Å². The summed E-state index contributed by atoms with van der Waals surface area (Å²) in [7, 11) is 0. The Kier molecular flexibility index (Phi) is 5.44. The molecule has 4 aromatic carbocycles. The van der Waals surface area contributed by atoms with Crippen molar-refractivity contribution in [1.29, 1.82) is 0 Å². The number of fused-ring (bicyclic) bond motifs is 6. The maximum Gasteiger partial charge on any atom is 0.160 e. The second-order valence-corrected chi connectivity index (χ2v) is 11.3. The lowest BCUT2D eigenvalue weighted by atomic mass is 9.74. The van der Waals surface area contributed by atoms with E-state index in [1.54, 1.807) is 12.5 Å². The van der Waals surface area contributed by atoms with E-state index in [9.17, 15) is 0 Å². The highest BCUT2D eigenvalue weighted by Gasteiger charge is 2.34. The first-order valence-electron chi connectivity index (χ1n) is 14.2. The molecule has 0 saturated carbocycles. The predicted molar refractivity (Wildman–Crippen MR) is 169 cm³/mol. The van der Waals surface area contributed by atoms with Crippen LogP contribution in [0.1, 0.15) is 25.0 Å². The molecule has 7 aromatic rings. The van der Waals surface area contributed by atoms with Gasteiger partial charge in [-0.15, -0.1) is 0 Å². The van der Waals surface area contributed by atoms with Gasteiger partial charge in [0.05, 0.1) is 23.3 Å². The molecule has 1 aliphatic rings. The highest BCUT2D eigenvalue weighted by Crippen LogP contribution is 2.50. The van der Waals surface area contributed by atoms with Gasteiger partial charge in [0.2, 0.25) is 0 Å². The van der Waals surface area contributed by atoms with E-state index >= 15 is 0 Å². The number of rotatable bonds is 3. The molecule has 3 aromatic heterocycles. The van der Waals surface area contributed by atoms with E-state index in [1.807, 2.05) is 54.6 Å². The Balaban J connectivity index is 1.37. The van der Waals surface area contributed by atoms with Crippen LogP contribution in [0.15, 0.2) is 132 Å². The molecule has 0 saturated heterocycles. The van der Waals surface area contributed by atoms with Crippen molar-refractivity contribution in [1.82, 2.24) is 15.0 Å². The smallest absolute Gasteiger partial charge is 0.160 e. The van der Waals surface area contributed by atoms with Crippen LogP contribution in [0.3, 0.4) is 0 Å². The fourth-order valence-electron chi connectivity index (χ4n) is 6.26. The molecule has 1 aliphatic carbocycles. The average molecular weight is 542 g/mol. The zero-order valence-corrected chi connectivity index (χ0v) is 23.4. The first-order chi connectivity index (χ1) is 20.6. The number of furan rings is 1. The summed E-state index contributed by atoms with van der Waals surface area (Å²) >= 11 is 0. The van der Waals surface area contributed by atoms with Gasteiger partial charge in [-0.1, -0.05) is 86.6 Å². The first kappa shape index (κ1) is 24.4. The Morgan fingerprint density at radius 2 is 1.29 bits per heavy atom. The summed E-state index contributed by atoms with van der Waals surface area (Å²) < 4.78 is 5.84. The Hall–Kier alpha value is -5.35. The van der Waals surface area contributed by atoms with Crippen molar-refractivity contribution < 1.29 is 4.42 Å². The van der Waals surface area contributed by atoms with Gasteiger partial charge in [0.1, 0.15) is 5.58 Å². The first-order valence-corrected chi connectivity index (χ1v) is 14.2. The highest BCUT2D eigenvalue weighted by atomic mass is 16.3. The molecule has 0 amide bonds. The third-order valence-electron chi connectivity index (χ3n) is 8.45. The molecule has 0 bridgehead atoms. The topological polar surface area (TPSA) is 51.8 Å². The van der Waals surface area contributed by atoms with Crippen LogP contribution in [0.5, 0.6) is 0 Å². The lowest BCUT2D eigenvalue weighted by Crippen LogP contribution is -2.20. The van der Waals surface area contributed by atoms with Gasteiger partial charge in [0, 0.05) is 28.1 Å². The molecule has 0 radical (unpaired) electrons. The zero-order valence-electron chi connectivity index (χ0n) is 23.4. The quantitative estimate of drug-likeness (QED) is 0.223. The molecule has 3 heterocycles. The van der Waals surface area contributed by atoms with Crippen molar-refractivity contribution in [3.8, 4) is 56.3 Å². The number of nitrogens with zero attached hydrogens (tertiary/aromatic N) is 3. The number of benzene rings is 4. The maximum atomic E-state index is 5.84. The summed E-state index contributed by atoms with van der Waals surface area (Å²) in [4.78, 5) is 14.6. The largest absolute Gasteiger partial charge is 0.464 e. The molecule has 0 N–H and O–H groups in total. The van der Waals surface area contributed by atoms with Gasteiger partial charge in [-0.25, -0.2) is 9.97 Å². The molecular formula is C38H27N3O. The van der Waals surface area contributed by atoms with E-state index < -0.39 is 0 Å². The average Bonchev–Trinajstić information content (AvgIpc) is 3.50. The second-order valence-electron chi connectivity index (χ2n) is 11.3. The van der Waals surface area contributed by atoms with Crippen LogP contribution in [0.4, 0.5) is 0 Å². The molecule has 200 valence electrons. The van der Waals surface area contributed by atoms with Gasteiger partial charge in [-0.05, 0) is 75.8 Å². The van der Waals surface area contributed by atoms with Crippen LogP contribution >= 0.6 is 0 Å². The number of hydrogen-bond acceptors (Lipinski definition) is 4. The number of pyridine rings is 1. The minimum atomic E-state index is -0.287. The summed E-state index contributed by atoms with van der Waals surface area (Å²) in [5.41, 5.74) is 12.5. The second kappa shape index (κ2) is 9.35. The molecule has 0 unspecified atom stereocenters. The zero-order chi connectivity index (χ0) is 28.3. The van der Waals surface area contributed by atoms with Crippen LogP contribution < -0.4 is 0 Å². The molecule has 8 rings (SSSR count). The third kappa shape index (κ3) is 3.87. The van der Waals surface area contributed by atoms with Crippen molar-refractivity contribution in [3.63, 3.8) is 0 Å². The van der Waals surface area contributed by atoms with Gasteiger partial charge in [0.25, 0.3) is 0 Å². The van der Waals surface area contributed by atoms with E-state index in [2.05, 4.69) is 79.5 Å². The Labute approximate surface area is 244 Å². The lowest BCUT2D eigenvalue weighted by Gasteiger charge is -2.29. The third-order valence-corrected chi connectivity index (χ3v) is 8.45. The SMILES string of the molecule is CC1(C)c2cc(-c3cc(-c4ccccn4)nc(-c4ccccc4)n3)ccc2-c2ccccc2-c2cc3occc3cc21. The van der Waals surface area contributed by atoms with E-state index in [1.165, 1.54) is 33.4 Å². The van der Waals surface area contributed by atoms with Crippen molar-refractivity contribution in [3.05, 3.63) is 139 Å². The molecule has 4 heteroatoms. The molecule has 0 atom stereocenters. The van der Waals surface area contributed by atoms with Gasteiger partial charge in [-0.2, -0.15) is 0 Å². The molecule has 0 fully saturated rings. The fourth-order valence-corrected chi connectivity index (χ4v) is 6.26. The monoisotopic (exact) mass is 541 g/mol. The molecule has 42 heavy (non-hydrogen) atoms. The molecule has 4 nitrogen and oxygen atoms in total. The van der Waals surface area contributed by atoms with Gasteiger partial charge in [0.15, 0.2) is 5.82 Å². The van der Waals surface area contributed by atoms with E-state index in [0.717, 1.165) is 39.2 Å². The summed E-state index contributed by atoms with van der Waals surface area (Å²) in [5.74, 6) is 0.681. The Morgan fingerprint density at radius 1 is 0.548 bits per heavy atom. The summed E-state index contributed by atoms with van der Waals surface area (Å²) in [6, 6.07) is 40.1. The predicted octanol–water partition coefficient (Wildman–Crippen LogP) is 9.59. The van der Waals surface area contributed by atoms with Crippen molar-refractivity contribution in [2.75, 3.05) is 0 Å². The summed E-state index contributed by atoms with van der Waals surface area (Å²) in [6.45, 7) is 4.64. The van der Waals surface area contributed by atoms with E-state index in [-0.39, 0.29) is 5.41 Å². The number of aromatic nitrogens is 3. The van der Waals surface area contributed by atoms with Crippen molar-refractivity contribution in [2.24, 2.45) is 0 Å². The Bertz CT molecular complexity index is 2050. The van der Waals surface area contributed by atoms with Crippen LogP contribution in [-0.4, -0.2) is 15.0 Å². The van der Waals surface area contributed by atoms with Gasteiger partial charge < -0.3 is 4.42 Å². The maximum absolute atomic E-state index is 5.84. The van der Waals surface area contributed by atoms with Crippen LogP contribution in [0.25, 0.3) is 67.3 Å². The van der Waals surface area contributed by atoms with Crippen molar-refractivity contribution >= 4 is 11.0 Å². The minimum absolute atomic E-state index is 0.287. The molecule has 0 aliphatic heterocycles. The number of hydrogen-bond donors (Lipinski definition) is 0. The molecular weight excluding hydrogens is 514 g/mol.